The smallest absolute Gasteiger partial charge is 0.248 e. The minimum atomic E-state index is -0.647. The van der Waals surface area contributed by atoms with Gasteiger partial charge in [-0.25, -0.2) is 0 Å². The Morgan fingerprint density at radius 2 is 2.05 bits per heavy atom. The molecule has 1 aliphatic carbocycles. The Hall–Kier alpha value is -1.06. The average Bonchev–Trinajstić information content (AvgIpc) is 3.15. The maximum atomic E-state index is 12.7. The fraction of sp³-hybridized carbons (Fsp3) is 0.867. The lowest BCUT2D eigenvalue weighted by Gasteiger charge is -2.32. The van der Waals surface area contributed by atoms with Gasteiger partial charge in [-0.3, -0.25) is 9.59 Å². The number of nitrogens with one attached hydrogen (secondary N) is 1. The van der Waals surface area contributed by atoms with Gasteiger partial charge in [0.2, 0.25) is 11.8 Å². The second-order valence-electron chi connectivity index (χ2n) is 6.60. The van der Waals surface area contributed by atoms with Crippen LogP contribution < -0.4 is 5.32 Å². The zero-order valence-corrected chi connectivity index (χ0v) is 12.4. The van der Waals surface area contributed by atoms with E-state index in [1.165, 1.54) is 0 Å². The molecule has 1 aliphatic heterocycles. The second-order valence-corrected chi connectivity index (χ2v) is 6.60. The van der Waals surface area contributed by atoms with Crippen LogP contribution in [0.4, 0.5) is 0 Å². The minimum absolute atomic E-state index is 0.0223. The van der Waals surface area contributed by atoms with Gasteiger partial charge in [0.25, 0.3) is 0 Å². The molecule has 1 saturated carbocycles. The molecule has 2 amide bonds. The van der Waals surface area contributed by atoms with Crippen molar-refractivity contribution in [2.45, 2.75) is 58.4 Å². The molecule has 0 aromatic heterocycles. The quantitative estimate of drug-likeness (QED) is 0.826. The summed E-state index contributed by atoms with van der Waals surface area (Å²) < 4.78 is 0. The Kier molecular flexibility index (Phi) is 4.16. The summed E-state index contributed by atoms with van der Waals surface area (Å²) in [4.78, 5) is 26.4. The topological polar surface area (TPSA) is 49.4 Å². The number of hydrogen-bond acceptors (Lipinski definition) is 2. The highest BCUT2D eigenvalue weighted by Crippen LogP contribution is 2.41. The van der Waals surface area contributed by atoms with E-state index in [1.807, 2.05) is 11.8 Å². The highest BCUT2D eigenvalue weighted by atomic mass is 16.2. The van der Waals surface area contributed by atoms with Crippen LogP contribution in [0.15, 0.2) is 0 Å². The summed E-state index contributed by atoms with van der Waals surface area (Å²) in [6, 6.07) is 0. The zero-order valence-electron chi connectivity index (χ0n) is 12.4. The van der Waals surface area contributed by atoms with E-state index in [0.29, 0.717) is 24.8 Å². The second kappa shape index (κ2) is 5.51. The van der Waals surface area contributed by atoms with Gasteiger partial charge in [0.15, 0.2) is 0 Å². The van der Waals surface area contributed by atoms with Gasteiger partial charge in [0.05, 0.1) is 0 Å². The highest BCUT2D eigenvalue weighted by Gasteiger charge is 2.50. The summed E-state index contributed by atoms with van der Waals surface area (Å²) in [5.74, 6) is 1.16. The van der Waals surface area contributed by atoms with Gasteiger partial charge in [0, 0.05) is 19.5 Å². The molecule has 4 nitrogen and oxygen atoms in total. The molecule has 1 saturated heterocycles. The van der Waals surface area contributed by atoms with Crippen LogP contribution >= 0.6 is 0 Å². The standard InChI is InChI=1S/C15H26N2O2/c1-11(2)5-4-9-17-10-8-13(18)16-15(3,14(17)19)12-6-7-12/h11-12H,4-10H2,1-3H3,(H,16,18). The minimum Gasteiger partial charge on any atom is -0.342 e. The predicted molar refractivity (Wildman–Crippen MR) is 74.5 cm³/mol. The molecule has 2 aliphatic rings. The number of nitrogens with zero attached hydrogens (tertiary/aromatic N) is 1. The summed E-state index contributed by atoms with van der Waals surface area (Å²) in [6.45, 7) is 7.66. The van der Waals surface area contributed by atoms with E-state index in [4.69, 9.17) is 0 Å². The van der Waals surface area contributed by atoms with Crippen molar-refractivity contribution < 1.29 is 9.59 Å². The van der Waals surface area contributed by atoms with E-state index >= 15 is 0 Å². The third-order valence-corrected chi connectivity index (χ3v) is 4.34. The van der Waals surface area contributed by atoms with Crippen molar-refractivity contribution in [3.63, 3.8) is 0 Å². The lowest BCUT2D eigenvalue weighted by Crippen LogP contribution is -2.56. The molecule has 4 heteroatoms. The number of hydrogen-bond donors (Lipinski definition) is 1. The monoisotopic (exact) mass is 266 g/mol. The fourth-order valence-corrected chi connectivity index (χ4v) is 2.91. The Balaban J connectivity index is 2.02. The molecule has 2 fully saturated rings. The van der Waals surface area contributed by atoms with Crippen LogP contribution in [0.5, 0.6) is 0 Å². The zero-order chi connectivity index (χ0) is 14.0. The Labute approximate surface area is 115 Å². The fourth-order valence-electron chi connectivity index (χ4n) is 2.91. The summed E-state index contributed by atoms with van der Waals surface area (Å²) >= 11 is 0. The SMILES string of the molecule is CC(C)CCCN1CCC(=O)NC(C)(C2CC2)C1=O. The van der Waals surface area contributed by atoms with E-state index in [0.717, 1.165) is 32.2 Å². The summed E-state index contributed by atoms with van der Waals surface area (Å²) in [7, 11) is 0. The lowest BCUT2D eigenvalue weighted by molar-refractivity contribution is -0.139. The molecule has 0 spiro atoms. The normalized spacial score (nSPS) is 28.5. The summed E-state index contributed by atoms with van der Waals surface area (Å²) in [6.07, 6.45) is 4.71. The Bertz CT molecular complexity index is 363. The molecule has 0 radical (unpaired) electrons. The van der Waals surface area contributed by atoms with Crippen molar-refractivity contribution in [2.24, 2.45) is 11.8 Å². The van der Waals surface area contributed by atoms with Gasteiger partial charge in [-0.2, -0.15) is 0 Å². The molecule has 0 bridgehead atoms. The number of carbonyl (C=O) groups is 2. The molecular formula is C15H26N2O2. The first-order valence-corrected chi connectivity index (χ1v) is 7.54. The van der Waals surface area contributed by atoms with E-state index in [2.05, 4.69) is 19.2 Å². The van der Waals surface area contributed by atoms with Gasteiger partial charge < -0.3 is 10.2 Å². The Morgan fingerprint density at radius 3 is 2.63 bits per heavy atom. The third-order valence-electron chi connectivity index (χ3n) is 4.34. The molecule has 1 N–H and O–H groups in total. The molecule has 1 unspecified atom stereocenters. The first-order valence-electron chi connectivity index (χ1n) is 7.54. The summed E-state index contributed by atoms with van der Waals surface area (Å²) in [5, 5.41) is 2.97. The van der Waals surface area contributed by atoms with Crippen LogP contribution in [0, 0.1) is 11.8 Å². The van der Waals surface area contributed by atoms with Crippen molar-refractivity contribution in [3.8, 4) is 0 Å². The predicted octanol–water partition coefficient (Wildman–Crippen LogP) is 1.94. The summed E-state index contributed by atoms with van der Waals surface area (Å²) in [5.41, 5.74) is -0.647. The van der Waals surface area contributed by atoms with Crippen LogP contribution in [0.3, 0.4) is 0 Å². The van der Waals surface area contributed by atoms with Gasteiger partial charge >= 0.3 is 0 Å². The van der Waals surface area contributed by atoms with E-state index in [-0.39, 0.29) is 11.8 Å². The van der Waals surface area contributed by atoms with Crippen molar-refractivity contribution in [3.05, 3.63) is 0 Å². The number of carbonyl (C=O) groups excluding carboxylic acids is 2. The van der Waals surface area contributed by atoms with Crippen LogP contribution in [-0.4, -0.2) is 35.3 Å². The molecular weight excluding hydrogens is 240 g/mol. The molecule has 2 rings (SSSR count). The van der Waals surface area contributed by atoms with Crippen molar-refractivity contribution >= 4 is 11.8 Å². The number of amides is 2. The van der Waals surface area contributed by atoms with E-state index in [1.54, 1.807) is 0 Å². The van der Waals surface area contributed by atoms with E-state index < -0.39 is 5.54 Å². The third kappa shape index (κ3) is 3.28. The van der Waals surface area contributed by atoms with Crippen LogP contribution in [0.1, 0.15) is 52.9 Å². The van der Waals surface area contributed by atoms with E-state index in [9.17, 15) is 9.59 Å². The first-order chi connectivity index (χ1) is 8.93. The van der Waals surface area contributed by atoms with Gasteiger partial charge in [-0.15, -0.1) is 0 Å². The van der Waals surface area contributed by atoms with Crippen molar-refractivity contribution in [2.75, 3.05) is 13.1 Å². The van der Waals surface area contributed by atoms with Crippen LogP contribution in [-0.2, 0) is 9.59 Å². The van der Waals surface area contributed by atoms with Crippen LogP contribution in [0.25, 0.3) is 0 Å². The number of rotatable bonds is 5. The maximum absolute atomic E-state index is 12.7. The molecule has 0 aromatic carbocycles. The highest BCUT2D eigenvalue weighted by molar-refractivity contribution is 5.93. The molecule has 1 atom stereocenters. The van der Waals surface area contributed by atoms with Gasteiger partial charge in [0.1, 0.15) is 5.54 Å². The molecule has 1 heterocycles. The van der Waals surface area contributed by atoms with Crippen LogP contribution in [0.2, 0.25) is 0 Å². The van der Waals surface area contributed by atoms with Gasteiger partial charge in [-0.1, -0.05) is 13.8 Å². The van der Waals surface area contributed by atoms with Crippen molar-refractivity contribution in [1.82, 2.24) is 10.2 Å². The maximum Gasteiger partial charge on any atom is 0.248 e. The average molecular weight is 266 g/mol. The lowest BCUT2D eigenvalue weighted by atomic mass is 9.94. The first kappa shape index (κ1) is 14.4. The molecule has 108 valence electrons. The van der Waals surface area contributed by atoms with Crippen molar-refractivity contribution in [1.29, 1.82) is 0 Å². The largest absolute Gasteiger partial charge is 0.342 e. The Morgan fingerprint density at radius 1 is 1.37 bits per heavy atom. The molecule has 19 heavy (non-hydrogen) atoms. The van der Waals surface area contributed by atoms with Gasteiger partial charge in [-0.05, 0) is 44.4 Å². The molecule has 0 aromatic rings.